The molecule has 1 saturated heterocycles. The molecule has 2 N–H and O–H groups in total. The van der Waals surface area contributed by atoms with Crippen molar-refractivity contribution in [3.05, 3.63) is 42.2 Å². The lowest BCUT2D eigenvalue weighted by Crippen LogP contribution is -2.45. The molecule has 1 fully saturated rings. The van der Waals surface area contributed by atoms with Crippen molar-refractivity contribution in [1.82, 2.24) is 15.1 Å². The highest BCUT2D eigenvalue weighted by atomic mass is 35.5. The summed E-state index contributed by atoms with van der Waals surface area (Å²) in [5.74, 6) is -0.301. The average Bonchev–Trinajstić information content (AvgIpc) is 3.06. The van der Waals surface area contributed by atoms with Crippen LogP contribution in [0.1, 0.15) is 5.69 Å². The summed E-state index contributed by atoms with van der Waals surface area (Å²) in [5, 5.41) is 9.42. The third-order valence-electron chi connectivity index (χ3n) is 3.53. The maximum Gasteiger partial charge on any atom is 0.433 e. The highest BCUT2D eigenvalue weighted by Gasteiger charge is 2.35. The summed E-state index contributed by atoms with van der Waals surface area (Å²) in [5.41, 5.74) is -0.138. The summed E-state index contributed by atoms with van der Waals surface area (Å²) in [6.07, 6.45) is -3.98. The Balaban J connectivity index is 0.00000225. The quantitative estimate of drug-likeness (QED) is 0.862. The largest absolute Gasteiger partial charge is 0.433 e. The van der Waals surface area contributed by atoms with E-state index in [1.54, 1.807) is 0 Å². The molecule has 0 radical (unpaired) electrons. The van der Waals surface area contributed by atoms with Crippen LogP contribution in [0, 0.1) is 0 Å². The Morgan fingerprint density at radius 1 is 1.28 bits per heavy atom. The van der Waals surface area contributed by atoms with E-state index >= 15 is 0 Å². The van der Waals surface area contributed by atoms with Crippen LogP contribution in [0.15, 0.2) is 36.5 Å². The molecule has 0 saturated carbocycles. The van der Waals surface area contributed by atoms with Crippen LogP contribution < -0.4 is 10.6 Å². The number of morpholine rings is 1. The maximum absolute atomic E-state index is 12.9. The van der Waals surface area contributed by atoms with Crippen molar-refractivity contribution in [3.63, 3.8) is 0 Å². The van der Waals surface area contributed by atoms with Crippen LogP contribution >= 0.6 is 12.4 Å². The monoisotopic (exact) mass is 376 g/mol. The summed E-state index contributed by atoms with van der Waals surface area (Å²) in [7, 11) is 0. The van der Waals surface area contributed by atoms with E-state index in [0.717, 1.165) is 16.9 Å². The van der Waals surface area contributed by atoms with Crippen LogP contribution in [0.2, 0.25) is 0 Å². The predicted molar refractivity (Wildman–Crippen MR) is 87.1 cm³/mol. The van der Waals surface area contributed by atoms with Crippen molar-refractivity contribution in [2.45, 2.75) is 12.3 Å². The minimum absolute atomic E-state index is 0. The van der Waals surface area contributed by atoms with E-state index in [4.69, 9.17) is 4.74 Å². The molecule has 1 aliphatic rings. The summed E-state index contributed by atoms with van der Waals surface area (Å²) >= 11 is 0. The highest BCUT2D eigenvalue weighted by molar-refractivity contribution is 5.94. The first-order chi connectivity index (χ1) is 11.4. The molecule has 0 spiro atoms. The number of halogens is 4. The number of hydrogen-bond donors (Lipinski definition) is 2. The van der Waals surface area contributed by atoms with Gasteiger partial charge in [-0.1, -0.05) is 0 Å². The van der Waals surface area contributed by atoms with Gasteiger partial charge in [0.15, 0.2) is 0 Å². The highest BCUT2D eigenvalue weighted by Crippen LogP contribution is 2.30. The third-order valence-corrected chi connectivity index (χ3v) is 3.53. The van der Waals surface area contributed by atoms with Gasteiger partial charge >= 0.3 is 6.18 Å². The van der Waals surface area contributed by atoms with Gasteiger partial charge in [-0.2, -0.15) is 18.3 Å². The number of nitrogens with zero attached hydrogens (tertiary/aromatic N) is 2. The molecule has 1 aliphatic heterocycles. The molecule has 2 heterocycles. The van der Waals surface area contributed by atoms with E-state index in [1.807, 2.05) is 0 Å². The number of benzene rings is 1. The molecule has 1 atom stereocenters. The maximum atomic E-state index is 12.9. The number of hydrogen-bond acceptors (Lipinski definition) is 4. The number of carbonyl (C=O) groups excluding carboxylic acids is 1. The lowest BCUT2D eigenvalue weighted by Gasteiger charge is -2.22. The van der Waals surface area contributed by atoms with Gasteiger partial charge in [0.1, 0.15) is 11.8 Å². The summed E-state index contributed by atoms with van der Waals surface area (Å²) in [4.78, 5) is 12.0. The number of ether oxygens (including phenoxy) is 1. The van der Waals surface area contributed by atoms with E-state index in [-0.39, 0.29) is 24.0 Å². The molecule has 1 unspecified atom stereocenters. The average molecular weight is 377 g/mol. The van der Waals surface area contributed by atoms with Gasteiger partial charge in [0, 0.05) is 18.8 Å². The molecule has 10 heteroatoms. The molecule has 6 nitrogen and oxygen atoms in total. The molecule has 1 aromatic heterocycles. The van der Waals surface area contributed by atoms with Crippen molar-refractivity contribution < 1.29 is 22.7 Å². The normalized spacial score (nSPS) is 17.6. The van der Waals surface area contributed by atoms with Gasteiger partial charge in [0.2, 0.25) is 0 Å². The van der Waals surface area contributed by atoms with Gasteiger partial charge in [-0.15, -0.1) is 12.4 Å². The minimum atomic E-state index is -4.49. The number of anilines is 1. The van der Waals surface area contributed by atoms with Crippen LogP contribution in [0.25, 0.3) is 5.69 Å². The van der Waals surface area contributed by atoms with Crippen molar-refractivity contribution in [2.24, 2.45) is 0 Å². The Bertz CT molecular complexity index is 712. The second-order valence-electron chi connectivity index (χ2n) is 5.23. The SMILES string of the molecule is Cl.O=C(Nc1ccc(-n2nccc2C(F)(F)F)cc1)C1CNCCO1. The first-order valence-corrected chi connectivity index (χ1v) is 7.30. The first-order valence-electron chi connectivity index (χ1n) is 7.30. The zero-order valence-electron chi connectivity index (χ0n) is 12.9. The van der Waals surface area contributed by atoms with Gasteiger partial charge in [-0.3, -0.25) is 4.79 Å². The molecule has 1 amide bonds. The molecule has 3 rings (SSSR count). The minimum Gasteiger partial charge on any atom is -0.366 e. The zero-order valence-corrected chi connectivity index (χ0v) is 13.7. The number of carbonyl (C=O) groups is 1. The van der Waals surface area contributed by atoms with Gasteiger partial charge in [-0.25, -0.2) is 4.68 Å². The lowest BCUT2D eigenvalue weighted by atomic mass is 10.2. The number of aromatic nitrogens is 2. The predicted octanol–water partition coefficient (Wildman–Crippen LogP) is 2.24. The van der Waals surface area contributed by atoms with E-state index in [0.29, 0.717) is 25.4 Å². The van der Waals surface area contributed by atoms with E-state index in [1.165, 1.54) is 24.3 Å². The standard InChI is InChI=1S/C15H15F3N4O2.ClH/c16-15(17,18)13-5-6-20-22(13)11-3-1-10(2-4-11)21-14(23)12-9-19-7-8-24-12;/h1-6,12,19H,7-9H2,(H,21,23);1H. The summed E-state index contributed by atoms with van der Waals surface area (Å²) in [6.45, 7) is 1.58. The molecular weight excluding hydrogens is 361 g/mol. The molecule has 0 bridgehead atoms. The van der Waals surface area contributed by atoms with E-state index < -0.39 is 18.0 Å². The Labute approximate surface area is 147 Å². The Morgan fingerprint density at radius 2 is 2.00 bits per heavy atom. The molecule has 25 heavy (non-hydrogen) atoms. The van der Waals surface area contributed by atoms with Crippen molar-refractivity contribution in [2.75, 3.05) is 25.0 Å². The number of rotatable bonds is 3. The topological polar surface area (TPSA) is 68.2 Å². The molecular formula is C15H16ClF3N4O2. The van der Waals surface area contributed by atoms with Gasteiger partial charge in [-0.05, 0) is 30.3 Å². The van der Waals surface area contributed by atoms with Crippen LogP contribution in [0.4, 0.5) is 18.9 Å². The van der Waals surface area contributed by atoms with E-state index in [9.17, 15) is 18.0 Å². The van der Waals surface area contributed by atoms with Crippen LogP contribution in [-0.4, -0.2) is 41.5 Å². The Kier molecular flexibility index (Phi) is 6.04. The fourth-order valence-electron chi connectivity index (χ4n) is 2.37. The lowest BCUT2D eigenvalue weighted by molar-refractivity contribution is -0.142. The van der Waals surface area contributed by atoms with Crippen LogP contribution in [0.3, 0.4) is 0 Å². The number of alkyl halides is 3. The van der Waals surface area contributed by atoms with E-state index in [2.05, 4.69) is 15.7 Å². The van der Waals surface area contributed by atoms with Crippen molar-refractivity contribution in [1.29, 1.82) is 0 Å². The Morgan fingerprint density at radius 3 is 2.60 bits per heavy atom. The first kappa shape index (κ1) is 19.2. The second kappa shape index (κ2) is 7.85. The fraction of sp³-hybridized carbons (Fsp3) is 0.333. The van der Waals surface area contributed by atoms with Crippen LogP contribution in [-0.2, 0) is 15.7 Å². The number of nitrogens with one attached hydrogen (secondary N) is 2. The summed E-state index contributed by atoms with van der Waals surface area (Å²) in [6, 6.07) is 6.86. The van der Waals surface area contributed by atoms with Crippen molar-refractivity contribution >= 4 is 24.0 Å². The third kappa shape index (κ3) is 4.50. The van der Waals surface area contributed by atoms with Gasteiger partial charge in [0.05, 0.1) is 18.5 Å². The number of amides is 1. The fourth-order valence-corrected chi connectivity index (χ4v) is 2.37. The second-order valence-corrected chi connectivity index (χ2v) is 5.23. The molecule has 2 aromatic rings. The molecule has 1 aromatic carbocycles. The van der Waals surface area contributed by atoms with Gasteiger partial charge in [0.25, 0.3) is 5.91 Å². The smallest absolute Gasteiger partial charge is 0.366 e. The van der Waals surface area contributed by atoms with Crippen molar-refractivity contribution in [3.8, 4) is 5.69 Å². The Hall–Kier alpha value is -2.10. The summed E-state index contributed by atoms with van der Waals surface area (Å²) < 4.78 is 44.8. The van der Waals surface area contributed by atoms with Gasteiger partial charge < -0.3 is 15.4 Å². The molecule has 136 valence electrons. The zero-order chi connectivity index (χ0) is 17.2. The van der Waals surface area contributed by atoms with Crippen LogP contribution in [0.5, 0.6) is 0 Å². The molecule has 0 aliphatic carbocycles.